The van der Waals surface area contributed by atoms with Crippen LogP contribution in [0.15, 0.2) is 59.5 Å². The molecule has 1 heterocycles. The van der Waals surface area contributed by atoms with Gasteiger partial charge in [-0.1, -0.05) is 18.2 Å². The summed E-state index contributed by atoms with van der Waals surface area (Å²) in [6.45, 7) is 1.83. The molecular weight excluding hydrogens is 372 g/mol. The molecule has 0 spiro atoms. The summed E-state index contributed by atoms with van der Waals surface area (Å²) < 4.78 is 6.50. The molecule has 0 aliphatic rings. The molecule has 2 aromatic carbocycles. The molecule has 0 fully saturated rings. The zero-order valence-electron chi connectivity index (χ0n) is 16.3. The van der Waals surface area contributed by atoms with E-state index < -0.39 is 0 Å². The van der Waals surface area contributed by atoms with E-state index in [9.17, 15) is 14.4 Å². The minimum absolute atomic E-state index is 0.121. The summed E-state index contributed by atoms with van der Waals surface area (Å²) in [6.07, 6.45) is 1.20. The van der Waals surface area contributed by atoms with Crippen LogP contribution in [0, 0.1) is 0 Å². The van der Waals surface area contributed by atoms with Crippen LogP contribution in [0.5, 0.6) is 5.75 Å². The van der Waals surface area contributed by atoms with E-state index in [1.54, 1.807) is 56.5 Å². The van der Waals surface area contributed by atoms with Crippen molar-refractivity contribution in [2.45, 2.75) is 13.5 Å². The van der Waals surface area contributed by atoms with Crippen LogP contribution in [0.1, 0.15) is 6.92 Å². The zero-order valence-corrected chi connectivity index (χ0v) is 16.3. The number of carbonyl (C=O) groups is 2. The number of hydrogen-bond donors (Lipinski definition) is 1. The highest BCUT2D eigenvalue weighted by Crippen LogP contribution is 2.16. The van der Waals surface area contributed by atoms with Gasteiger partial charge in [-0.3, -0.25) is 19.0 Å². The lowest BCUT2D eigenvalue weighted by molar-refractivity contribution is -0.135. The number of nitrogens with one attached hydrogen (secondary N) is 1. The molecule has 0 atom stereocenters. The molecule has 8 nitrogen and oxygen atoms in total. The average Bonchev–Trinajstić information content (AvgIpc) is 2.74. The minimum atomic E-state index is -0.367. The van der Waals surface area contributed by atoms with Gasteiger partial charge in [-0.25, -0.2) is 4.98 Å². The van der Waals surface area contributed by atoms with E-state index in [2.05, 4.69) is 10.3 Å². The second-order valence-electron chi connectivity index (χ2n) is 6.36. The van der Waals surface area contributed by atoms with Crippen molar-refractivity contribution < 1.29 is 14.3 Å². The molecule has 0 aliphatic carbocycles. The third kappa shape index (κ3) is 4.78. The van der Waals surface area contributed by atoms with Gasteiger partial charge < -0.3 is 15.0 Å². The molecule has 150 valence electrons. The summed E-state index contributed by atoms with van der Waals surface area (Å²) in [6, 6.07) is 14.1. The number of rotatable bonds is 7. The molecule has 3 aromatic rings. The van der Waals surface area contributed by atoms with Gasteiger partial charge in [0.2, 0.25) is 11.8 Å². The second-order valence-corrected chi connectivity index (χ2v) is 6.36. The maximum absolute atomic E-state index is 12.8. The lowest BCUT2D eigenvalue weighted by Crippen LogP contribution is -2.41. The maximum Gasteiger partial charge on any atom is 0.269 e. The smallest absolute Gasteiger partial charge is 0.269 e. The molecule has 0 saturated carbocycles. The second kappa shape index (κ2) is 9.01. The maximum atomic E-state index is 12.8. The molecular formula is C21H22N4O4. The quantitative estimate of drug-likeness (QED) is 0.661. The normalized spacial score (nSPS) is 10.6. The highest BCUT2D eigenvalue weighted by molar-refractivity contribution is 5.94. The van der Waals surface area contributed by atoms with E-state index in [1.807, 2.05) is 6.07 Å². The summed E-state index contributed by atoms with van der Waals surface area (Å²) in [5, 5.41) is 2.75. The molecule has 0 radical (unpaired) electrons. The van der Waals surface area contributed by atoms with E-state index in [4.69, 9.17) is 4.74 Å². The van der Waals surface area contributed by atoms with Crippen LogP contribution in [0.3, 0.4) is 0 Å². The summed E-state index contributed by atoms with van der Waals surface area (Å²) in [5.74, 6) is -0.0395. The number of para-hydroxylation sites is 2. The molecule has 3 rings (SSSR count). The van der Waals surface area contributed by atoms with E-state index in [-0.39, 0.29) is 30.5 Å². The highest BCUT2D eigenvalue weighted by atomic mass is 16.5. The number of benzene rings is 2. The van der Waals surface area contributed by atoms with Crippen LogP contribution in [0.25, 0.3) is 11.0 Å². The molecule has 2 amide bonds. The number of ether oxygens (including phenoxy) is 1. The van der Waals surface area contributed by atoms with Gasteiger partial charge in [0.15, 0.2) is 0 Å². The monoisotopic (exact) mass is 394 g/mol. The van der Waals surface area contributed by atoms with Crippen molar-refractivity contribution in [1.29, 1.82) is 0 Å². The standard InChI is InChI=1S/C21H22N4O4/c1-3-24(13-19(26)23-15-7-6-8-16(11-15)29-2)21(28)14-25-18-10-5-4-9-17(18)22-12-20(25)27/h4-12H,3,13-14H2,1-2H3,(H,23,26). The van der Waals surface area contributed by atoms with Gasteiger partial charge in [-0.05, 0) is 31.2 Å². The lowest BCUT2D eigenvalue weighted by Gasteiger charge is -2.21. The van der Waals surface area contributed by atoms with Gasteiger partial charge in [0, 0.05) is 18.3 Å². The third-order valence-corrected chi connectivity index (χ3v) is 4.47. The first-order valence-electron chi connectivity index (χ1n) is 9.18. The van der Waals surface area contributed by atoms with Crippen molar-refractivity contribution in [2.75, 3.05) is 25.5 Å². The van der Waals surface area contributed by atoms with E-state index in [0.717, 1.165) is 0 Å². The van der Waals surface area contributed by atoms with Crippen LogP contribution in [0.2, 0.25) is 0 Å². The van der Waals surface area contributed by atoms with Crippen molar-refractivity contribution in [1.82, 2.24) is 14.5 Å². The first-order valence-corrected chi connectivity index (χ1v) is 9.18. The van der Waals surface area contributed by atoms with E-state index in [0.29, 0.717) is 29.0 Å². The van der Waals surface area contributed by atoms with Crippen LogP contribution < -0.4 is 15.6 Å². The molecule has 1 N–H and O–H groups in total. The van der Waals surface area contributed by atoms with Crippen molar-refractivity contribution in [3.8, 4) is 5.75 Å². The number of methoxy groups -OCH3 is 1. The Hall–Kier alpha value is -3.68. The largest absolute Gasteiger partial charge is 0.497 e. The Balaban J connectivity index is 1.72. The number of fused-ring (bicyclic) bond motifs is 1. The lowest BCUT2D eigenvalue weighted by atomic mass is 10.3. The predicted octanol–water partition coefficient (Wildman–Crippen LogP) is 1.89. The number of likely N-dealkylation sites (N-methyl/N-ethyl adjacent to an activating group) is 1. The van der Waals surface area contributed by atoms with Crippen molar-refractivity contribution in [3.05, 3.63) is 65.1 Å². The van der Waals surface area contributed by atoms with Gasteiger partial charge >= 0.3 is 0 Å². The number of aromatic nitrogens is 2. The number of nitrogens with zero attached hydrogens (tertiary/aromatic N) is 3. The number of anilines is 1. The topological polar surface area (TPSA) is 93.5 Å². The molecule has 0 bridgehead atoms. The third-order valence-electron chi connectivity index (χ3n) is 4.47. The molecule has 0 unspecified atom stereocenters. The van der Waals surface area contributed by atoms with Crippen LogP contribution in [-0.4, -0.2) is 46.5 Å². The summed E-state index contributed by atoms with van der Waals surface area (Å²) >= 11 is 0. The van der Waals surface area contributed by atoms with Gasteiger partial charge in [0.1, 0.15) is 12.3 Å². The van der Waals surface area contributed by atoms with Gasteiger partial charge in [0.25, 0.3) is 5.56 Å². The summed E-state index contributed by atoms with van der Waals surface area (Å²) in [4.78, 5) is 42.9. The Morgan fingerprint density at radius 3 is 2.72 bits per heavy atom. The molecule has 29 heavy (non-hydrogen) atoms. The fourth-order valence-corrected chi connectivity index (χ4v) is 2.96. The average molecular weight is 394 g/mol. The van der Waals surface area contributed by atoms with Crippen molar-refractivity contribution in [3.63, 3.8) is 0 Å². The van der Waals surface area contributed by atoms with Gasteiger partial charge in [-0.15, -0.1) is 0 Å². The van der Waals surface area contributed by atoms with Crippen molar-refractivity contribution >= 4 is 28.5 Å². The van der Waals surface area contributed by atoms with Crippen molar-refractivity contribution in [2.24, 2.45) is 0 Å². The Morgan fingerprint density at radius 2 is 1.97 bits per heavy atom. The first kappa shape index (κ1) is 20.1. The van der Waals surface area contributed by atoms with Crippen LogP contribution in [0.4, 0.5) is 5.69 Å². The molecule has 1 aromatic heterocycles. The van der Waals surface area contributed by atoms with Crippen LogP contribution >= 0.6 is 0 Å². The fourth-order valence-electron chi connectivity index (χ4n) is 2.96. The van der Waals surface area contributed by atoms with Gasteiger partial charge in [-0.2, -0.15) is 0 Å². The summed E-state index contributed by atoms with van der Waals surface area (Å²) in [7, 11) is 1.54. The highest BCUT2D eigenvalue weighted by Gasteiger charge is 2.18. The summed E-state index contributed by atoms with van der Waals surface area (Å²) in [5.41, 5.74) is 1.41. The zero-order chi connectivity index (χ0) is 20.8. The van der Waals surface area contributed by atoms with E-state index >= 15 is 0 Å². The number of hydrogen-bond acceptors (Lipinski definition) is 5. The predicted molar refractivity (Wildman–Crippen MR) is 110 cm³/mol. The Bertz CT molecular complexity index is 1090. The number of carbonyl (C=O) groups excluding carboxylic acids is 2. The molecule has 8 heteroatoms. The van der Waals surface area contributed by atoms with Gasteiger partial charge in [0.05, 0.1) is 30.9 Å². The minimum Gasteiger partial charge on any atom is -0.497 e. The Kier molecular flexibility index (Phi) is 6.23. The fraction of sp³-hybridized carbons (Fsp3) is 0.238. The van der Waals surface area contributed by atoms with Crippen LogP contribution in [-0.2, 0) is 16.1 Å². The molecule has 0 aliphatic heterocycles. The molecule has 0 saturated heterocycles. The van der Waals surface area contributed by atoms with E-state index in [1.165, 1.54) is 15.7 Å². The SMILES string of the molecule is CCN(CC(=O)Nc1cccc(OC)c1)C(=O)Cn1c(=O)cnc2ccccc21. The first-order chi connectivity index (χ1) is 14.0. The Labute approximate surface area is 167 Å². The number of amides is 2. The Morgan fingerprint density at radius 1 is 1.17 bits per heavy atom.